The number of rotatable bonds is 33. The van der Waals surface area contributed by atoms with Crippen molar-refractivity contribution in [1.82, 2.24) is 39.9 Å². The summed E-state index contributed by atoms with van der Waals surface area (Å²) >= 11 is 3.94. The molecule has 12 rings (SSSR count). The van der Waals surface area contributed by atoms with E-state index < -0.39 is 87.1 Å². The van der Waals surface area contributed by atoms with Gasteiger partial charge in [0.1, 0.15) is 65.2 Å². The van der Waals surface area contributed by atoms with Gasteiger partial charge >= 0.3 is 120 Å². The van der Waals surface area contributed by atoms with Crippen LogP contribution in [0.3, 0.4) is 0 Å². The van der Waals surface area contributed by atoms with Gasteiger partial charge in [0.15, 0.2) is 45.1 Å². The monoisotopic (exact) mass is 2120 g/mol. The molecule has 4 aliphatic rings. The van der Waals surface area contributed by atoms with Gasteiger partial charge in [-0.3, -0.25) is 4.79 Å². The Balaban J connectivity index is 0.000000214. The molecule has 138 heavy (non-hydrogen) atoms. The number of hydrogen-bond acceptors (Lipinski definition) is 28. The quantitative estimate of drug-likeness (QED) is 0.0131. The second kappa shape index (κ2) is 50.5. The number of Topliss-reactive ketones (excluding diaryl/α,β-unsaturated/α-hetero) is 1. The molecule has 4 aliphatic heterocycles. The van der Waals surface area contributed by atoms with Gasteiger partial charge in [-0.15, -0.1) is 0 Å². The van der Waals surface area contributed by atoms with Crippen LogP contribution in [0.25, 0.3) is 5.76 Å². The van der Waals surface area contributed by atoms with Crippen molar-refractivity contribution in [2.75, 3.05) is 156 Å². The number of anilines is 8. The van der Waals surface area contributed by atoms with Crippen molar-refractivity contribution in [3.05, 3.63) is 182 Å². The molecule has 28 nitrogen and oxygen atoms in total. The number of benzene rings is 4. The van der Waals surface area contributed by atoms with Crippen molar-refractivity contribution in [2.45, 2.75) is 233 Å². The molecule has 0 saturated carbocycles. The van der Waals surface area contributed by atoms with Gasteiger partial charge in [0.05, 0.1) is 42.6 Å². The van der Waals surface area contributed by atoms with Crippen LogP contribution in [0.4, 0.5) is 64.1 Å². The summed E-state index contributed by atoms with van der Waals surface area (Å²) in [5.41, 5.74) is 7.74. The molecule has 5 atom stereocenters. The zero-order valence-corrected chi connectivity index (χ0v) is 91.6. The summed E-state index contributed by atoms with van der Waals surface area (Å²) < 4.78 is 168. The SMILES string of the molecule is C=C(OCC)c1nc(N2CCN(c3ccc(F)c(S(C)(=O)=O)c3)C[C@H]2C(C)C)ncc1C.C=[C](OCC)[Sn]([CH2]CCC)([CH2]CCC)[CH2]CCC.CC(=O)c1nc(N2CCN(c3ccc(F)c(S(C)(=O)=O)c3)C[C@H]2C(C)C)ncc1C.Cc1cnc(N2CCN(c3ccc(F)c(S(C)(=O)=O)c3)C[C@H]2C(C)C)nc1C(C)O.Cc1cnc(N2CCN(c3ccc(F)c(S(C)(=O)=O)c3)C[C@H]2C(C)C)nc1Cl. The van der Waals surface area contributed by atoms with Crippen LogP contribution in [-0.4, -0.2) is 244 Å². The molecule has 0 radical (unpaired) electrons. The van der Waals surface area contributed by atoms with E-state index in [1.54, 1.807) is 56.0 Å². The molecule has 760 valence electrons. The van der Waals surface area contributed by atoms with Crippen LogP contribution < -0.4 is 39.2 Å². The number of aromatic nitrogens is 8. The van der Waals surface area contributed by atoms with Gasteiger partial charge in [0, 0.05) is 164 Å². The van der Waals surface area contributed by atoms with Crippen LogP contribution in [0, 0.1) is 74.6 Å². The van der Waals surface area contributed by atoms with Crippen molar-refractivity contribution < 1.29 is 70.6 Å². The largest absolute Gasteiger partial charge is 0.387 e. The zero-order chi connectivity index (χ0) is 103. The Kier molecular flexibility index (Phi) is 41.8. The third kappa shape index (κ3) is 30.3. The van der Waals surface area contributed by atoms with Crippen molar-refractivity contribution in [3.63, 3.8) is 0 Å². The van der Waals surface area contributed by atoms with Gasteiger partial charge < -0.3 is 49.0 Å². The Morgan fingerprint density at radius 2 is 0.703 bits per heavy atom. The van der Waals surface area contributed by atoms with Gasteiger partial charge in [0.2, 0.25) is 23.8 Å². The van der Waals surface area contributed by atoms with Crippen LogP contribution in [0.15, 0.2) is 134 Å². The Bertz CT molecular complexity index is 5980. The van der Waals surface area contributed by atoms with Crippen LogP contribution in [0.1, 0.15) is 193 Å². The maximum Gasteiger partial charge on any atom is 0.227 e. The summed E-state index contributed by atoms with van der Waals surface area (Å²) in [6.07, 6.45) is 18.4. The molecule has 0 aliphatic carbocycles. The minimum absolute atomic E-state index is 0.0352. The fourth-order valence-electron chi connectivity index (χ4n) is 17.6. The number of sulfone groups is 4. The standard InChI is InChI=1S/C23H31FN4O3S.C21H29FN4O3S.C21H27FN4O3S.C19H24ClFN4O2S.C4H7O.3C4H9.Sn/c1-7-31-17(5)22-16(4)13-25-23(26-22)28-11-10-27(14-20(28)15(2)3)18-8-9-19(24)21(12-18)32(6,29)30;2*1-13(2)18-12-25(16-6-7-17(22)19(10-16)30(5,28)29)8-9-26(18)21-23-11-14(3)20(24-21)15(4)27;1-12(2)16-11-24(14-5-6-15(21)17(9-14)28(4,26)27)7-8-25(16)19-22-10-13(3)18(20)23-19;1-3-5-4-2;3*1-3-4-2;/h8-9,12-13,15,20H,5,7,10-11,14H2,1-4,6H3;6-7,10-11,13,15,18,27H,8-9,12H2,1-5H3;6-7,10-11,13,18H,8-9,12H2,1-5H3;5-6,9-10,12,16H,7-8,11H2,1-4H3;1,4H2,2H3;3*1,3-4H2,2H3;/t20-;15?,18-;18-;16-;;;;;/m0000...../s1. The minimum atomic E-state index is -3.66. The number of aliphatic hydroxyl groups excluding tert-OH is 1. The van der Waals surface area contributed by atoms with Crippen LogP contribution in [-0.2, 0) is 48.8 Å². The maximum absolute atomic E-state index is 14.1. The van der Waals surface area contributed by atoms with E-state index in [9.17, 15) is 61.1 Å². The average Bonchev–Trinajstić information content (AvgIpc) is 0.792. The number of ether oxygens (including phenoxy) is 2. The third-order valence-corrected chi connectivity index (χ3v) is 45.4. The van der Waals surface area contributed by atoms with E-state index in [1.807, 2.05) is 34.6 Å². The molecule has 0 amide bonds. The van der Waals surface area contributed by atoms with Crippen molar-refractivity contribution in [1.29, 1.82) is 0 Å². The number of aliphatic hydroxyl groups is 1. The summed E-state index contributed by atoms with van der Waals surface area (Å²) in [7, 11) is -14.6. The van der Waals surface area contributed by atoms with E-state index >= 15 is 0 Å². The minimum Gasteiger partial charge on any atom is -0.387 e. The van der Waals surface area contributed by atoms with Crippen LogP contribution in [0.2, 0.25) is 18.5 Å². The van der Waals surface area contributed by atoms with Gasteiger partial charge in [-0.2, -0.15) is 0 Å². The molecule has 1 N–H and O–H groups in total. The van der Waals surface area contributed by atoms with Crippen molar-refractivity contribution in [2.24, 2.45) is 23.7 Å². The Labute approximate surface area is 826 Å². The number of aryl methyl sites for hydroxylation is 4. The van der Waals surface area contributed by atoms with Crippen LogP contribution >= 0.6 is 11.6 Å². The number of carbonyl (C=O) groups excluding carboxylic acids is 1. The second-order valence-electron chi connectivity index (χ2n) is 37.7. The summed E-state index contributed by atoms with van der Waals surface area (Å²) in [5.74, 6) is 0.843. The van der Waals surface area contributed by atoms with Gasteiger partial charge in [-0.1, -0.05) is 73.6 Å². The van der Waals surface area contributed by atoms with Gasteiger partial charge in [-0.05, 0) is 155 Å². The fourth-order valence-corrected chi connectivity index (χ4v) is 35.4. The van der Waals surface area contributed by atoms with E-state index in [2.05, 4.69) is 170 Å². The maximum atomic E-state index is 14.1. The van der Waals surface area contributed by atoms with E-state index in [0.29, 0.717) is 166 Å². The number of nitrogens with zero attached hydrogens (tertiary/aromatic N) is 16. The van der Waals surface area contributed by atoms with Gasteiger partial charge in [0.25, 0.3) is 0 Å². The molecular weight excluding hydrogens is 1980 g/mol. The first-order valence-electron chi connectivity index (χ1n) is 47.6. The smallest absolute Gasteiger partial charge is 0.227 e. The van der Waals surface area contributed by atoms with E-state index in [0.717, 1.165) is 53.9 Å². The third-order valence-electron chi connectivity index (χ3n) is 25.6. The molecular formula is C100H145ClF4N16O12S4Sn. The summed E-state index contributed by atoms with van der Waals surface area (Å²) in [4.78, 5) is 63.8. The summed E-state index contributed by atoms with van der Waals surface area (Å²) in [5, 5.41) is 10.4. The number of piperazine rings is 4. The molecule has 4 aromatic carbocycles. The van der Waals surface area contributed by atoms with Crippen molar-refractivity contribution >= 4 is 127 Å². The molecule has 0 bridgehead atoms. The molecule has 4 aromatic heterocycles. The first-order chi connectivity index (χ1) is 64.7. The first-order valence-corrected chi connectivity index (χ1v) is 63.0. The van der Waals surface area contributed by atoms with E-state index in [4.69, 9.17) is 26.1 Å². The summed E-state index contributed by atoms with van der Waals surface area (Å²) in [6, 6.07) is 17.2. The zero-order valence-electron chi connectivity index (χ0n) is 84.7. The average molecular weight is 2120 g/mol. The number of hydrogen-bond donors (Lipinski definition) is 1. The van der Waals surface area contributed by atoms with Crippen molar-refractivity contribution in [3.8, 4) is 0 Å². The molecule has 8 aromatic rings. The second-order valence-corrected chi connectivity index (χ2v) is 59.1. The first kappa shape index (κ1) is 114. The number of carbonyl (C=O) groups is 1. The fraction of sp³-hybridized carbons (Fsp3) is 0.550. The molecule has 1 unspecified atom stereocenters. The Morgan fingerprint density at radius 1 is 0.428 bits per heavy atom. The van der Waals surface area contributed by atoms with E-state index in [-0.39, 0.29) is 67.3 Å². The topological polar surface area (TPSA) is 321 Å². The molecule has 4 saturated heterocycles. The molecule has 8 heterocycles. The molecule has 4 fully saturated rings. The molecule has 38 heteroatoms. The summed E-state index contributed by atoms with van der Waals surface area (Å²) in [6.45, 7) is 55.5. The van der Waals surface area contributed by atoms with Gasteiger partial charge in [-0.25, -0.2) is 91.1 Å². The molecule has 0 spiro atoms. The van der Waals surface area contributed by atoms with Crippen LogP contribution in [0.5, 0.6) is 0 Å². The predicted molar refractivity (Wildman–Crippen MR) is 550 cm³/mol. The Morgan fingerprint density at radius 3 is 0.971 bits per heavy atom. The number of halogens is 5. The Hall–Kier alpha value is -9.08. The van der Waals surface area contributed by atoms with E-state index in [1.165, 1.54) is 111 Å². The normalized spacial score (nSPS) is 17.0. The number of ketones is 1. The predicted octanol–water partition coefficient (Wildman–Crippen LogP) is 18.6. The number of unbranched alkanes of at least 4 members (excludes halogenated alkanes) is 3.